The molecule has 3 nitrogen and oxygen atoms in total. The highest BCUT2D eigenvalue weighted by atomic mass is 16.1. The van der Waals surface area contributed by atoms with Crippen molar-refractivity contribution in [3.8, 4) is 0 Å². The Kier molecular flexibility index (Phi) is 4.76. The number of hydrogen-bond acceptors (Lipinski definition) is 2. The van der Waals surface area contributed by atoms with Crippen LogP contribution in [0.15, 0.2) is 24.3 Å². The third kappa shape index (κ3) is 3.57. The van der Waals surface area contributed by atoms with E-state index in [2.05, 4.69) is 23.6 Å². The number of amides is 1. The first kappa shape index (κ1) is 13.1. The molecule has 1 amide bonds. The second-order valence-corrected chi connectivity index (χ2v) is 4.89. The molecule has 3 heteroatoms. The van der Waals surface area contributed by atoms with Crippen LogP contribution in [-0.2, 0) is 11.2 Å². The van der Waals surface area contributed by atoms with Gasteiger partial charge in [0.05, 0.1) is 0 Å². The average Bonchev–Trinajstić information content (AvgIpc) is 2.90. The van der Waals surface area contributed by atoms with Crippen LogP contribution in [0, 0.1) is 0 Å². The van der Waals surface area contributed by atoms with E-state index < -0.39 is 0 Å². The van der Waals surface area contributed by atoms with Crippen LogP contribution in [0.4, 0.5) is 5.69 Å². The third-order valence-corrected chi connectivity index (χ3v) is 3.55. The van der Waals surface area contributed by atoms with Crippen molar-refractivity contribution >= 4 is 11.6 Å². The summed E-state index contributed by atoms with van der Waals surface area (Å²) in [6.07, 6.45) is 4.94. The van der Waals surface area contributed by atoms with Crippen LogP contribution in [-0.4, -0.2) is 18.5 Å². The first-order chi connectivity index (χ1) is 8.79. The Morgan fingerprint density at radius 2 is 2.28 bits per heavy atom. The Hall–Kier alpha value is -1.35. The van der Waals surface area contributed by atoms with E-state index in [1.807, 2.05) is 18.2 Å². The summed E-state index contributed by atoms with van der Waals surface area (Å²) in [6, 6.07) is 8.56. The second kappa shape index (κ2) is 6.55. The van der Waals surface area contributed by atoms with Crippen LogP contribution >= 0.6 is 0 Å². The monoisotopic (exact) mass is 246 g/mol. The van der Waals surface area contributed by atoms with Crippen molar-refractivity contribution in [3.05, 3.63) is 29.8 Å². The predicted octanol–water partition coefficient (Wildman–Crippen LogP) is 2.72. The SMILES string of the molecule is CCc1ccccc1NC(=O)CCC1CCCN1. The molecule has 1 aliphatic rings. The maximum Gasteiger partial charge on any atom is 0.224 e. The van der Waals surface area contributed by atoms with Crippen molar-refractivity contribution in [2.24, 2.45) is 0 Å². The van der Waals surface area contributed by atoms with Crippen LogP contribution in [0.1, 0.15) is 38.2 Å². The highest BCUT2D eigenvalue weighted by Crippen LogP contribution is 2.17. The quantitative estimate of drug-likeness (QED) is 0.838. The zero-order valence-corrected chi connectivity index (χ0v) is 11.0. The number of anilines is 1. The van der Waals surface area contributed by atoms with Gasteiger partial charge in [0.2, 0.25) is 5.91 Å². The molecule has 2 N–H and O–H groups in total. The summed E-state index contributed by atoms with van der Waals surface area (Å²) in [6.45, 7) is 3.21. The Morgan fingerprint density at radius 1 is 1.44 bits per heavy atom. The van der Waals surface area contributed by atoms with Crippen LogP contribution in [0.2, 0.25) is 0 Å². The molecule has 98 valence electrons. The number of nitrogens with one attached hydrogen (secondary N) is 2. The van der Waals surface area contributed by atoms with E-state index in [0.717, 1.165) is 25.1 Å². The lowest BCUT2D eigenvalue weighted by Crippen LogP contribution is -2.23. The van der Waals surface area contributed by atoms with Gasteiger partial charge in [0.25, 0.3) is 0 Å². The number of benzene rings is 1. The number of hydrogen-bond donors (Lipinski definition) is 2. The Morgan fingerprint density at radius 3 is 3.00 bits per heavy atom. The average molecular weight is 246 g/mol. The maximum atomic E-state index is 11.9. The van der Waals surface area contributed by atoms with Gasteiger partial charge in [-0.2, -0.15) is 0 Å². The molecule has 0 spiro atoms. The Bertz CT molecular complexity index is 397. The molecule has 0 saturated carbocycles. The van der Waals surface area contributed by atoms with E-state index in [1.165, 1.54) is 18.4 Å². The fourth-order valence-corrected chi connectivity index (χ4v) is 2.47. The molecule has 0 aliphatic carbocycles. The molecule has 1 saturated heterocycles. The lowest BCUT2D eigenvalue weighted by Gasteiger charge is -2.12. The van der Waals surface area contributed by atoms with Gasteiger partial charge in [0, 0.05) is 18.2 Å². The van der Waals surface area contributed by atoms with Crippen molar-refractivity contribution < 1.29 is 4.79 Å². The lowest BCUT2D eigenvalue weighted by molar-refractivity contribution is -0.116. The Balaban J connectivity index is 1.82. The summed E-state index contributed by atoms with van der Waals surface area (Å²) in [5, 5.41) is 6.44. The summed E-state index contributed by atoms with van der Waals surface area (Å²) < 4.78 is 0. The minimum atomic E-state index is 0.129. The molecule has 1 heterocycles. The summed E-state index contributed by atoms with van der Waals surface area (Å²) in [7, 11) is 0. The molecule has 1 aromatic carbocycles. The zero-order chi connectivity index (χ0) is 12.8. The van der Waals surface area contributed by atoms with Gasteiger partial charge in [-0.05, 0) is 43.9 Å². The van der Waals surface area contributed by atoms with Gasteiger partial charge in [-0.25, -0.2) is 0 Å². The number of carbonyl (C=O) groups excluding carboxylic acids is 1. The fourth-order valence-electron chi connectivity index (χ4n) is 2.47. The van der Waals surface area contributed by atoms with E-state index in [4.69, 9.17) is 0 Å². The first-order valence-electron chi connectivity index (χ1n) is 6.90. The smallest absolute Gasteiger partial charge is 0.224 e. The van der Waals surface area contributed by atoms with Gasteiger partial charge < -0.3 is 10.6 Å². The highest BCUT2D eigenvalue weighted by Gasteiger charge is 2.15. The van der Waals surface area contributed by atoms with Gasteiger partial charge in [-0.1, -0.05) is 25.1 Å². The molecule has 0 aromatic heterocycles. The zero-order valence-electron chi connectivity index (χ0n) is 11.0. The second-order valence-electron chi connectivity index (χ2n) is 4.89. The largest absolute Gasteiger partial charge is 0.326 e. The summed E-state index contributed by atoms with van der Waals surface area (Å²) >= 11 is 0. The van der Waals surface area contributed by atoms with Crippen LogP contribution in [0.5, 0.6) is 0 Å². The normalized spacial score (nSPS) is 18.8. The molecule has 1 unspecified atom stereocenters. The van der Waals surface area contributed by atoms with E-state index >= 15 is 0 Å². The van der Waals surface area contributed by atoms with Crippen molar-refractivity contribution in [1.82, 2.24) is 5.32 Å². The topological polar surface area (TPSA) is 41.1 Å². The van der Waals surface area contributed by atoms with Gasteiger partial charge in [-0.3, -0.25) is 4.79 Å². The van der Waals surface area contributed by atoms with Crippen molar-refractivity contribution in [2.45, 2.75) is 45.1 Å². The van der Waals surface area contributed by atoms with Gasteiger partial charge >= 0.3 is 0 Å². The molecule has 1 atom stereocenters. The summed E-state index contributed by atoms with van der Waals surface area (Å²) in [4.78, 5) is 11.9. The molecule has 18 heavy (non-hydrogen) atoms. The lowest BCUT2D eigenvalue weighted by atomic mass is 10.1. The molecule has 0 radical (unpaired) electrons. The minimum Gasteiger partial charge on any atom is -0.326 e. The van der Waals surface area contributed by atoms with Gasteiger partial charge in [0.1, 0.15) is 0 Å². The Labute approximate surface area is 109 Å². The third-order valence-electron chi connectivity index (χ3n) is 3.55. The van der Waals surface area contributed by atoms with E-state index in [-0.39, 0.29) is 5.91 Å². The molecule has 1 fully saturated rings. The summed E-state index contributed by atoms with van der Waals surface area (Å²) in [5.41, 5.74) is 2.16. The van der Waals surface area contributed by atoms with Crippen molar-refractivity contribution in [2.75, 3.05) is 11.9 Å². The van der Waals surface area contributed by atoms with E-state index in [1.54, 1.807) is 0 Å². The predicted molar refractivity (Wildman–Crippen MR) is 74.7 cm³/mol. The molecule has 0 bridgehead atoms. The van der Waals surface area contributed by atoms with Crippen LogP contribution < -0.4 is 10.6 Å². The van der Waals surface area contributed by atoms with Gasteiger partial charge in [-0.15, -0.1) is 0 Å². The fraction of sp³-hybridized carbons (Fsp3) is 0.533. The van der Waals surface area contributed by atoms with Crippen molar-refractivity contribution in [1.29, 1.82) is 0 Å². The maximum absolute atomic E-state index is 11.9. The molecular weight excluding hydrogens is 224 g/mol. The summed E-state index contributed by atoms with van der Waals surface area (Å²) in [5.74, 6) is 0.129. The molecule has 2 rings (SSSR count). The van der Waals surface area contributed by atoms with E-state index in [0.29, 0.717) is 12.5 Å². The van der Waals surface area contributed by atoms with Crippen molar-refractivity contribution in [3.63, 3.8) is 0 Å². The molecule has 1 aromatic rings. The van der Waals surface area contributed by atoms with Crippen LogP contribution in [0.3, 0.4) is 0 Å². The van der Waals surface area contributed by atoms with E-state index in [9.17, 15) is 4.79 Å². The minimum absolute atomic E-state index is 0.129. The molecular formula is C15H22N2O. The highest BCUT2D eigenvalue weighted by molar-refractivity contribution is 5.91. The molecule has 1 aliphatic heterocycles. The number of rotatable bonds is 5. The standard InChI is InChI=1S/C15H22N2O/c1-2-12-6-3-4-8-14(12)17-15(18)10-9-13-7-5-11-16-13/h3-4,6,8,13,16H,2,5,7,9-11H2,1H3,(H,17,18). The number of para-hydroxylation sites is 1. The first-order valence-corrected chi connectivity index (χ1v) is 6.90. The van der Waals surface area contributed by atoms with Gasteiger partial charge in [0.15, 0.2) is 0 Å². The number of carbonyl (C=O) groups is 1. The van der Waals surface area contributed by atoms with Crippen LogP contribution in [0.25, 0.3) is 0 Å². The number of aryl methyl sites for hydroxylation is 1.